The number of rotatable bonds is 3. The van der Waals surface area contributed by atoms with Crippen LogP contribution in [0, 0.1) is 13.8 Å². The Morgan fingerprint density at radius 2 is 1.77 bits per heavy atom. The predicted octanol–water partition coefficient (Wildman–Crippen LogP) is 4.48. The van der Waals surface area contributed by atoms with Gasteiger partial charge in [0.25, 0.3) is 5.56 Å². The van der Waals surface area contributed by atoms with Gasteiger partial charge in [-0.05, 0) is 43.2 Å². The Balaban J connectivity index is 1.76. The highest BCUT2D eigenvalue weighted by atomic mass is 35.5. The van der Waals surface area contributed by atoms with E-state index in [2.05, 4.69) is 37.1 Å². The molecule has 0 radical (unpaired) electrons. The summed E-state index contributed by atoms with van der Waals surface area (Å²) in [7, 11) is 0. The minimum atomic E-state index is -0.0545. The number of aryl methyl sites for hydroxylation is 2. The highest BCUT2D eigenvalue weighted by Crippen LogP contribution is 2.21. The molecular weight excluding hydrogens is 346 g/mol. The maximum Gasteiger partial charge on any atom is 0.276 e. The first-order chi connectivity index (χ1) is 12.5. The van der Waals surface area contributed by atoms with E-state index in [1.807, 2.05) is 36.5 Å². The molecule has 0 fully saturated rings. The molecule has 0 bridgehead atoms. The molecule has 0 spiro atoms. The van der Waals surface area contributed by atoms with Gasteiger partial charge in [-0.2, -0.15) is 5.10 Å². The first-order valence-electron chi connectivity index (χ1n) is 8.42. The number of fused-ring (bicyclic) bond motifs is 1. The van der Waals surface area contributed by atoms with Crippen LogP contribution >= 0.6 is 11.6 Å². The van der Waals surface area contributed by atoms with E-state index in [0.717, 1.165) is 16.8 Å². The van der Waals surface area contributed by atoms with Crippen molar-refractivity contribution in [2.45, 2.75) is 20.4 Å². The van der Waals surface area contributed by atoms with Crippen LogP contribution in [0.15, 0.2) is 65.7 Å². The Bertz CT molecular complexity index is 1160. The van der Waals surface area contributed by atoms with Crippen LogP contribution in [0.1, 0.15) is 16.7 Å². The van der Waals surface area contributed by atoms with Gasteiger partial charge in [-0.1, -0.05) is 47.5 Å². The maximum atomic E-state index is 12.9. The van der Waals surface area contributed by atoms with Crippen LogP contribution in [0.25, 0.3) is 16.8 Å². The third-order valence-corrected chi connectivity index (χ3v) is 4.84. The van der Waals surface area contributed by atoms with Gasteiger partial charge in [0, 0.05) is 23.0 Å². The van der Waals surface area contributed by atoms with Crippen molar-refractivity contribution in [2.24, 2.45) is 0 Å². The third kappa shape index (κ3) is 3.04. The van der Waals surface area contributed by atoms with Crippen LogP contribution in [-0.2, 0) is 6.54 Å². The van der Waals surface area contributed by atoms with E-state index in [9.17, 15) is 4.79 Å². The Hall–Kier alpha value is -2.85. The largest absolute Gasteiger partial charge is 0.308 e. The lowest BCUT2D eigenvalue weighted by molar-refractivity contribution is 0.739. The molecule has 4 rings (SSSR count). The van der Waals surface area contributed by atoms with Gasteiger partial charge in [-0.25, -0.2) is 4.52 Å². The van der Waals surface area contributed by atoms with Crippen LogP contribution in [0.5, 0.6) is 0 Å². The number of halogens is 1. The van der Waals surface area contributed by atoms with Gasteiger partial charge in [0.15, 0.2) is 0 Å². The number of hydrogen-bond acceptors (Lipinski definition) is 2. The SMILES string of the molecule is Cc1ccc(C)c(Cn2ccn3nc(-c4ccc(Cl)cc4)cc3c2=O)c1. The topological polar surface area (TPSA) is 39.3 Å². The van der Waals surface area contributed by atoms with E-state index < -0.39 is 0 Å². The molecule has 0 amide bonds. The zero-order valence-corrected chi connectivity index (χ0v) is 15.4. The molecule has 5 heteroatoms. The normalized spacial score (nSPS) is 11.2. The summed E-state index contributed by atoms with van der Waals surface area (Å²) in [5, 5.41) is 5.19. The number of hydrogen-bond donors (Lipinski definition) is 0. The Morgan fingerprint density at radius 3 is 2.54 bits per heavy atom. The second-order valence-electron chi connectivity index (χ2n) is 6.53. The molecule has 0 unspecified atom stereocenters. The summed E-state index contributed by atoms with van der Waals surface area (Å²) in [4.78, 5) is 12.9. The van der Waals surface area contributed by atoms with Gasteiger partial charge >= 0.3 is 0 Å². The highest BCUT2D eigenvalue weighted by molar-refractivity contribution is 6.30. The van der Waals surface area contributed by atoms with E-state index in [0.29, 0.717) is 17.1 Å². The van der Waals surface area contributed by atoms with Gasteiger partial charge in [-0.3, -0.25) is 4.79 Å². The predicted molar refractivity (Wildman–Crippen MR) is 105 cm³/mol. The van der Waals surface area contributed by atoms with Gasteiger partial charge in [0.1, 0.15) is 5.52 Å². The summed E-state index contributed by atoms with van der Waals surface area (Å²) in [5.41, 5.74) is 5.70. The zero-order chi connectivity index (χ0) is 18.3. The standard InChI is InChI=1S/C21H18ClN3O/c1-14-3-4-15(2)17(11-14)13-24-9-10-25-20(21(24)26)12-19(23-25)16-5-7-18(22)8-6-16/h3-12H,13H2,1-2H3. The van der Waals surface area contributed by atoms with Crippen molar-refractivity contribution in [3.63, 3.8) is 0 Å². The van der Waals surface area contributed by atoms with E-state index in [4.69, 9.17) is 11.6 Å². The fourth-order valence-corrected chi connectivity index (χ4v) is 3.19. The third-order valence-electron chi connectivity index (χ3n) is 4.59. The zero-order valence-electron chi connectivity index (χ0n) is 14.6. The summed E-state index contributed by atoms with van der Waals surface area (Å²) < 4.78 is 3.36. The molecule has 2 aromatic heterocycles. The smallest absolute Gasteiger partial charge is 0.276 e. The molecule has 2 heterocycles. The summed E-state index contributed by atoms with van der Waals surface area (Å²) in [6.07, 6.45) is 3.61. The van der Waals surface area contributed by atoms with Crippen molar-refractivity contribution in [3.05, 3.63) is 93.0 Å². The van der Waals surface area contributed by atoms with Crippen molar-refractivity contribution in [1.29, 1.82) is 0 Å². The molecule has 0 aliphatic rings. The average molecular weight is 364 g/mol. The highest BCUT2D eigenvalue weighted by Gasteiger charge is 2.10. The van der Waals surface area contributed by atoms with E-state index in [-0.39, 0.29) is 5.56 Å². The molecule has 4 aromatic rings. The molecule has 0 N–H and O–H groups in total. The van der Waals surface area contributed by atoms with Crippen molar-refractivity contribution >= 4 is 17.1 Å². The summed E-state index contributed by atoms with van der Waals surface area (Å²) in [6.45, 7) is 4.67. The molecule has 0 saturated heterocycles. The average Bonchev–Trinajstić information content (AvgIpc) is 3.06. The van der Waals surface area contributed by atoms with Gasteiger partial charge in [0.2, 0.25) is 0 Å². The van der Waals surface area contributed by atoms with E-state index >= 15 is 0 Å². The maximum absolute atomic E-state index is 12.9. The second kappa shape index (κ2) is 6.46. The van der Waals surface area contributed by atoms with E-state index in [1.165, 1.54) is 11.1 Å². The molecule has 0 aliphatic carbocycles. The lowest BCUT2D eigenvalue weighted by atomic mass is 10.1. The van der Waals surface area contributed by atoms with Crippen LogP contribution in [0.3, 0.4) is 0 Å². The Morgan fingerprint density at radius 1 is 1.00 bits per heavy atom. The summed E-state index contributed by atoms with van der Waals surface area (Å²) >= 11 is 5.95. The molecule has 4 nitrogen and oxygen atoms in total. The second-order valence-corrected chi connectivity index (χ2v) is 6.96. The molecule has 0 saturated carbocycles. The number of benzene rings is 2. The Kier molecular flexibility index (Phi) is 4.13. The summed E-state index contributed by atoms with van der Waals surface area (Å²) in [5.74, 6) is 0. The molecule has 0 atom stereocenters. The minimum absolute atomic E-state index is 0.0545. The van der Waals surface area contributed by atoms with Crippen LogP contribution in [0.4, 0.5) is 0 Å². The number of aromatic nitrogens is 3. The van der Waals surface area contributed by atoms with Gasteiger partial charge in [0.05, 0.1) is 12.2 Å². The van der Waals surface area contributed by atoms with Gasteiger partial charge in [-0.15, -0.1) is 0 Å². The van der Waals surface area contributed by atoms with Crippen molar-refractivity contribution in [2.75, 3.05) is 0 Å². The molecule has 0 aliphatic heterocycles. The van der Waals surface area contributed by atoms with Crippen LogP contribution < -0.4 is 5.56 Å². The first-order valence-corrected chi connectivity index (χ1v) is 8.80. The van der Waals surface area contributed by atoms with Crippen molar-refractivity contribution in [3.8, 4) is 11.3 Å². The van der Waals surface area contributed by atoms with E-state index in [1.54, 1.807) is 15.3 Å². The Labute approximate surface area is 156 Å². The van der Waals surface area contributed by atoms with Gasteiger partial charge < -0.3 is 4.57 Å². The first kappa shape index (κ1) is 16.6. The quantitative estimate of drug-likeness (QED) is 0.538. The lowest BCUT2D eigenvalue weighted by Crippen LogP contribution is -2.22. The molecule has 26 heavy (non-hydrogen) atoms. The van der Waals surface area contributed by atoms with Crippen LogP contribution in [0.2, 0.25) is 5.02 Å². The fraction of sp³-hybridized carbons (Fsp3) is 0.143. The van der Waals surface area contributed by atoms with Crippen molar-refractivity contribution < 1.29 is 0 Å². The number of nitrogens with zero attached hydrogens (tertiary/aromatic N) is 3. The van der Waals surface area contributed by atoms with Crippen LogP contribution in [-0.4, -0.2) is 14.2 Å². The fourth-order valence-electron chi connectivity index (χ4n) is 3.07. The minimum Gasteiger partial charge on any atom is -0.308 e. The molecular formula is C21H18ClN3O. The summed E-state index contributed by atoms with van der Waals surface area (Å²) in [6, 6.07) is 15.6. The van der Waals surface area contributed by atoms with Crippen molar-refractivity contribution in [1.82, 2.24) is 14.2 Å². The lowest BCUT2D eigenvalue weighted by Gasteiger charge is -2.10. The molecule has 130 valence electrons. The monoisotopic (exact) mass is 363 g/mol. The molecule has 2 aromatic carbocycles.